The smallest absolute Gasteiger partial charge is 0.149 e. The summed E-state index contributed by atoms with van der Waals surface area (Å²) < 4.78 is 27.9. The molecule has 0 radical (unpaired) electrons. The molecule has 94 valence electrons. The second-order valence-corrected chi connectivity index (χ2v) is 6.70. The minimum absolute atomic E-state index is 0.0212. The second kappa shape index (κ2) is 4.66. The molecule has 1 aliphatic rings. The fourth-order valence-corrected chi connectivity index (χ4v) is 2.88. The summed E-state index contributed by atoms with van der Waals surface area (Å²) in [4.78, 5) is 0. The third-order valence-electron chi connectivity index (χ3n) is 2.84. The molecular formula is C12H17NO3S. The third kappa shape index (κ3) is 3.20. The Kier molecular flexibility index (Phi) is 3.40. The van der Waals surface area contributed by atoms with Crippen LogP contribution in [-0.2, 0) is 16.3 Å². The molecule has 1 aliphatic heterocycles. The van der Waals surface area contributed by atoms with Gasteiger partial charge in [0, 0.05) is 12.3 Å². The monoisotopic (exact) mass is 255 g/mol. The predicted molar refractivity (Wildman–Crippen MR) is 66.9 cm³/mol. The van der Waals surface area contributed by atoms with Crippen LogP contribution < -0.4 is 10.5 Å². The number of nitrogens with two attached hydrogens (primary N) is 1. The minimum Gasteiger partial charge on any atom is -0.493 e. The first-order valence-electron chi connectivity index (χ1n) is 5.64. The largest absolute Gasteiger partial charge is 0.493 e. The Morgan fingerprint density at radius 1 is 1.47 bits per heavy atom. The third-order valence-corrected chi connectivity index (χ3v) is 3.81. The number of benzene rings is 1. The highest BCUT2D eigenvalue weighted by atomic mass is 32.2. The summed E-state index contributed by atoms with van der Waals surface area (Å²) in [6.45, 7) is 0.752. The fourth-order valence-electron chi connectivity index (χ4n) is 2.03. The van der Waals surface area contributed by atoms with Crippen LogP contribution in [0, 0.1) is 0 Å². The van der Waals surface area contributed by atoms with Gasteiger partial charge in [-0.25, -0.2) is 8.42 Å². The standard InChI is InChI=1S/C12H17NO3S/c1-17(14,15)8-11(13)9-4-5-12-10(7-9)3-2-6-16-12/h4-5,7,11H,2-3,6,8,13H2,1H3. The van der Waals surface area contributed by atoms with Crippen molar-refractivity contribution in [2.45, 2.75) is 18.9 Å². The highest BCUT2D eigenvalue weighted by molar-refractivity contribution is 7.90. The lowest BCUT2D eigenvalue weighted by molar-refractivity contribution is 0.288. The van der Waals surface area contributed by atoms with Crippen molar-refractivity contribution in [2.24, 2.45) is 5.73 Å². The first kappa shape index (κ1) is 12.4. The Hall–Kier alpha value is -1.07. The number of fused-ring (bicyclic) bond motifs is 1. The van der Waals surface area contributed by atoms with Gasteiger partial charge < -0.3 is 10.5 Å². The zero-order chi connectivity index (χ0) is 12.5. The van der Waals surface area contributed by atoms with Gasteiger partial charge in [0.2, 0.25) is 0 Å². The molecule has 1 heterocycles. The van der Waals surface area contributed by atoms with E-state index in [1.165, 1.54) is 6.26 Å². The van der Waals surface area contributed by atoms with E-state index >= 15 is 0 Å². The number of hydrogen-bond donors (Lipinski definition) is 1. The van der Waals surface area contributed by atoms with Gasteiger partial charge in [-0.2, -0.15) is 0 Å². The van der Waals surface area contributed by atoms with Crippen molar-refractivity contribution in [3.63, 3.8) is 0 Å². The van der Waals surface area contributed by atoms with Crippen LogP contribution in [0.3, 0.4) is 0 Å². The lowest BCUT2D eigenvalue weighted by Crippen LogP contribution is -2.21. The zero-order valence-electron chi connectivity index (χ0n) is 9.85. The van der Waals surface area contributed by atoms with Crippen molar-refractivity contribution in [1.29, 1.82) is 0 Å². The molecule has 1 aromatic rings. The lowest BCUT2D eigenvalue weighted by atomic mass is 10.0. The van der Waals surface area contributed by atoms with Crippen LogP contribution in [0.15, 0.2) is 18.2 Å². The zero-order valence-corrected chi connectivity index (χ0v) is 10.7. The van der Waals surface area contributed by atoms with Crippen molar-refractivity contribution < 1.29 is 13.2 Å². The molecule has 0 fully saturated rings. The van der Waals surface area contributed by atoms with Gasteiger partial charge in [0.05, 0.1) is 12.4 Å². The SMILES string of the molecule is CS(=O)(=O)CC(N)c1ccc2c(c1)CCCO2. The summed E-state index contributed by atoms with van der Waals surface area (Å²) in [6.07, 6.45) is 3.17. The first-order chi connectivity index (χ1) is 7.96. The Morgan fingerprint density at radius 3 is 2.94 bits per heavy atom. The first-order valence-corrected chi connectivity index (χ1v) is 7.71. The highest BCUT2D eigenvalue weighted by Gasteiger charge is 2.16. The van der Waals surface area contributed by atoms with Crippen LogP contribution in [0.5, 0.6) is 5.75 Å². The van der Waals surface area contributed by atoms with Gasteiger partial charge >= 0.3 is 0 Å². The molecule has 0 aliphatic carbocycles. The van der Waals surface area contributed by atoms with Crippen molar-refractivity contribution in [3.8, 4) is 5.75 Å². The van der Waals surface area contributed by atoms with E-state index in [0.29, 0.717) is 0 Å². The second-order valence-electron chi connectivity index (χ2n) is 4.52. The van der Waals surface area contributed by atoms with E-state index in [-0.39, 0.29) is 5.75 Å². The van der Waals surface area contributed by atoms with Gasteiger partial charge in [0.15, 0.2) is 0 Å². The molecule has 1 aromatic carbocycles. The van der Waals surface area contributed by atoms with E-state index in [1.54, 1.807) is 0 Å². The maximum absolute atomic E-state index is 11.2. The number of sulfone groups is 1. The summed E-state index contributed by atoms with van der Waals surface area (Å²) in [5, 5.41) is 0. The van der Waals surface area contributed by atoms with Crippen LogP contribution in [0.1, 0.15) is 23.6 Å². The van der Waals surface area contributed by atoms with E-state index in [9.17, 15) is 8.42 Å². The molecule has 4 nitrogen and oxygen atoms in total. The van der Waals surface area contributed by atoms with E-state index in [2.05, 4.69) is 0 Å². The molecule has 0 amide bonds. The molecule has 0 bridgehead atoms. The molecule has 0 aromatic heterocycles. The Bertz CT molecular complexity index is 510. The highest BCUT2D eigenvalue weighted by Crippen LogP contribution is 2.27. The molecular weight excluding hydrogens is 238 g/mol. The molecule has 0 spiro atoms. The van der Waals surface area contributed by atoms with E-state index in [1.807, 2.05) is 18.2 Å². The average Bonchev–Trinajstić information content (AvgIpc) is 2.26. The molecule has 1 atom stereocenters. The van der Waals surface area contributed by atoms with Gasteiger partial charge in [0.25, 0.3) is 0 Å². The molecule has 2 rings (SSSR count). The van der Waals surface area contributed by atoms with Crippen LogP contribution >= 0.6 is 0 Å². The van der Waals surface area contributed by atoms with Gasteiger partial charge in [-0.3, -0.25) is 0 Å². The maximum Gasteiger partial charge on any atom is 0.149 e. The van der Waals surface area contributed by atoms with Crippen molar-refractivity contribution >= 4 is 9.84 Å². The summed E-state index contributed by atoms with van der Waals surface area (Å²) >= 11 is 0. The average molecular weight is 255 g/mol. The van der Waals surface area contributed by atoms with E-state index in [0.717, 1.165) is 36.3 Å². The van der Waals surface area contributed by atoms with Crippen LogP contribution in [0.2, 0.25) is 0 Å². The summed E-state index contributed by atoms with van der Waals surface area (Å²) in [7, 11) is -3.05. The van der Waals surface area contributed by atoms with Crippen molar-refractivity contribution in [2.75, 3.05) is 18.6 Å². The van der Waals surface area contributed by atoms with Crippen molar-refractivity contribution in [3.05, 3.63) is 29.3 Å². The number of ether oxygens (including phenoxy) is 1. The Labute approximate surface area is 102 Å². The van der Waals surface area contributed by atoms with Crippen LogP contribution in [-0.4, -0.2) is 27.0 Å². The molecule has 2 N–H and O–H groups in total. The van der Waals surface area contributed by atoms with E-state index in [4.69, 9.17) is 10.5 Å². The Balaban J connectivity index is 2.22. The predicted octanol–water partition coefficient (Wildman–Crippen LogP) is 1.06. The van der Waals surface area contributed by atoms with Crippen molar-refractivity contribution in [1.82, 2.24) is 0 Å². The van der Waals surface area contributed by atoms with Gasteiger partial charge in [0.1, 0.15) is 15.6 Å². The summed E-state index contributed by atoms with van der Waals surface area (Å²) in [6, 6.07) is 5.23. The summed E-state index contributed by atoms with van der Waals surface area (Å²) in [5.74, 6) is 0.874. The molecule has 17 heavy (non-hydrogen) atoms. The van der Waals surface area contributed by atoms with Gasteiger partial charge in [-0.15, -0.1) is 0 Å². The molecule has 0 saturated carbocycles. The quantitative estimate of drug-likeness (QED) is 0.876. The topological polar surface area (TPSA) is 69.4 Å². The Morgan fingerprint density at radius 2 is 2.24 bits per heavy atom. The minimum atomic E-state index is -3.05. The number of hydrogen-bond acceptors (Lipinski definition) is 4. The van der Waals surface area contributed by atoms with Gasteiger partial charge in [-0.1, -0.05) is 12.1 Å². The van der Waals surface area contributed by atoms with Crippen LogP contribution in [0.4, 0.5) is 0 Å². The van der Waals surface area contributed by atoms with E-state index < -0.39 is 15.9 Å². The lowest BCUT2D eigenvalue weighted by Gasteiger charge is -2.19. The molecule has 0 saturated heterocycles. The van der Waals surface area contributed by atoms with Crippen LogP contribution in [0.25, 0.3) is 0 Å². The fraction of sp³-hybridized carbons (Fsp3) is 0.500. The summed E-state index contributed by atoms with van der Waals surface area (Å²) in [5.41, 5.74) is 7.88. The normalized spacial score (nSPS) is 17.1. The maximum atomic E-state index is 11.2. The molecule has 1 unspecified atom stereocenters. The number of aryl methyl sites for hydroxylation is 1. The molecule has 5 heteroatoms. The van der Waals surface area contributed by atoms with Gasteiger partial charge in [-0.05, 0) is 30.0 Å². The number of rotatable bonds is 3.